The second-order valence-electron chi connectivity index (χ2n) is 5.41. The maximum atomic E-state index is 5.42. The van der Waals surface area contributed by atoms with Crippen LogP contribution in [0.15, 0.2) is 59.1 Å². The maximum Gasteiger partial charge on any atom is 0.230 e. The average Bonchev–Trinajstić information content (AvgIpc) is 3.00. The van der Waals surface area contributed by atoms with Gasteiger partial charge in [-0.05, 0) is 18.9 Å². The summed E-state index contributed by atoms with van der Waals surface area (Å²) in [6.45, 7) is 4.21. The Kier molecular flexibility index (Phi) is 3.82. The van der Waals surface area contributed by atoms with Gasteiger partial charge < -0.3 is 4.52 Å². The van der Waals surface area contributed by atoms with Crippen molar-refractivity contribution in [2.75, 3.05) is 0 Å². The molecule has 0 N–H and O–H groups in total. The van der Waals surface area contributed by atoms with Crippen LogP contribution in [0.4, 0.5) is 0 Å². The van der Waals surface area contributed by atoms with Gasteiger partial charge in [0.05, 0.1) is 0 Å². The molecule has 3 nitrogen and oxygen atoms in total. The summed E-state index contributed by atoms with van der Waals surface area (Å²) in [7, 11) is 0. The van der Waals surface area contributed by atoms with Crippen LogP contribution >= 0.6 is 0 Å². The van der Waals surface area contributed by atoms with E-state index in [-0.39, 0.29) is 5.92 Å². The molecule has 1 aromatic heterocycles. The predicted octanol–water partition coefficient (Wildman–Crippen LogP) is 4.39. The molecule has 0 unspecified atom stereocenters. The highest BCUT2D eigenvalue weighted by molar-refractivity contribution is 5.53. The Morgan fingerprint density at radius 2 is 1.71 bits per heavy atom. The third-order valence-corrected chi connectivity index (χ3v) is 3.56. The topological polar surface area (TPSA) is 38.9 Å². The minimum absolute atomic E-state index is 0.206. The minimum Gasteiger partial charge on any atom is -0.339 e. The Balaban J connectivity index is 1.75. The van der Waals surface area contributed by atoms with Crippen LogP contribution in [-0.2, 0) is 6.42 Å². The van der Waals surface area contributed by atoms with E-state index in [0.29, 0.717) is 11.7 Å². The van der Waals surface area contributed by atoms with Crippen molar-refractivity contribution in [2.45, 2.75) is 26.2 Å². The number of rotatable bonds is 4. The van der Waals surface area contributed by atoms with Crippen LogP contribution in [0, 0.1) is 6.92 Å². The lowest BCUT2D eigenvalue weighted by Gasteiger charge is -2.06. The summed E-state index contributed by atoms with van der Waals surface area (Å²) in [5.74, 6) is 1.55. The van der Waals surface area contributed by atoms with E-state index in [9.17, 15) is 0 Å². The molecule has 3 rings (SSSR count). The van der Waals surface area contributed by atoms with Crippen molar-refractivity contribution < 1.29 is 4.52 Å². The van der Waals surface area contributed by atoms with Gasteiger partial charge in [0.15, 0.2) is 0 Å². The van der Waals surface area contributed by atoms with Gasteiger partial charge in [-0.1, -0.05) is 72.2 Å². The van der Waals surface area contributed by atoms with Crippen molar-refractivity contribution in [1.29, 1.82) is 0 Å². The molecular formula is C18H18N2O. The van der Waals surface area contributed by atoms with Gasteiger partial charge in [0.2, 0.25) is 11.7 Å². The van der Waals surface area contributed by atoms with E-state index < -0.39 is 0 Å². The summed E-state index contributed by atoms with van der Waals surface area (Å²) in [5, 5.41) is 4.08. The van der Waals surface area contributed by atoms with E-state index in [1.54, 1.807) is 0 Å². The van der Waals surface area contributed by atoms with Gasteiger partial charge in [0.1, 0.15) is 0 Å². The normalized spacial score (nSPS) is 12.3. The predicted molar refractivity (Wildman–Crippen MR) is 83.0 cm³/mol. The van der Waals surface area contributed by atoms with Crippen molar-refractivity contribution in [3.63, 3.8) is 0 Å². The lowest BCUT2D eigenvalue weighted by Crippen LogP contribution is -1.99. The molecule has 0 aliphatic carbocycles. The molecule has 3 heteroatoms. The highest BCUT2D eigenvalue weighted by atomic mass is 16.5. The smallest absolute Gasteiger partial charge is 0.230 e. The number of hydrogen-bond acceptors (Lipinski definition) is 3. The zero-order valence-electron chi connectivity index (χ0n) is 12.3. The Morgan fingerprint density at radius 1 is 1.00 bits per heavy atom. The lowest BCUT2D eigenvalue weighted by atomic mass is 10.0. The summed E-state index contributed by atoms with van der Waals surface area (Å²) in [6, 6.07) is 18.5. The van der Waals surface area contributed by atoms with Gasteiger partial charge in [-0.3, -0.25) is 0 Å². The molecule has 0 aliphatic heterocycles. The van der Waals surface area contributed by atoms with Crippen LogP contribution in [0.25, 0.3) is 11.4 Å². The molecule has 0 spiro atoms. The highest BCUT2D eigenvalue weighted by Gasteiger charge is 2.15. The fourth-order valence-electron chi connectivity index (χ4n) is 2.30. The number of hydrogen-bond donors (Lipinski definition) is 0. The third kappa shape index (κ3) is 3.19. The number of aryl methyl sites for hydroxylation is 1. The van der Waals surface area contributed by atoms with Gasteiger partial charge in [-0.2, -0.15) is 4.98 Å². The Bertz CT molecular complexity index is 702. The number of nitrogens with zero attached hydrogens (tertiary/aromatic N) is 2. The van der Waals surface area contributed by atoms with E-state index in [2.05, 4.69) is 48.3 Å². The van der Waals surface area contributed by atoms with Gasteiger partial charge in [-0.15, -0.1) is 0 Å². The van der Waals surface area contributed by atoms with E-state index >= 15 is 0 Å². The minimum atomic E-state index is 0.206. The SMILES string of the molecule is Cc1ccc(C[C@@H](C)c2nc(-c3ccccc3)no2)cc1. The average molecular weight is 278 g/mol. The van der Waals surface area contributed by atoms with Crippen molar-refractivity contribution in [2.24, 2.45) is 0 Å². The zero-order valence-corrected chi connectivity index (χ0v) is 12.3. The first-order valence-electron chi connectivity index (χ1n) is 7.17. The largest absolute Gasteiger partial charge is 0.339 e. The van der Waals surface area contributed by atoms with Crippen LogP contribution < -0.4 is 0 Å². The summed E-state index contributed by atoms with van der Waals surface area (Å²) in [4.78, 5) is 4.52. The van der Waals surface area contributed by atoms with Gasteiger partial charge >= 0.3 is 0 Å². The molecule has 0 radical (unpaired) electrons. The zero-order chi connectivity index (χ0) is 14.7. The molecule has 0 amide bonds. The second-order valence-corrected chi connectivity index (χ2v) is 5.41. The molecule has 0 saturated carbocycles. The summed E-state index contributed by atoms with van der Waals surface area (Å²) in [6.07, 6.45) is 0.900. The molecule has 2 aromatic carbocycles. The monoisotopic (exact) mass is 278 g/mol. The van der Waals surface area contributed by atoms with Crippen LogP contribution in [0.2, 0.25) is 0 Å². The van der Waals surface area contributed by atoms with Crippen molar-refractivity contribution in [1.82, 2.24) is 10.1 Å². The molecule has 21 heavy (non-hydrogen) atoms. The molecule has 1 atom stereocenters. The fraction of sp³-hybridized carbons (Fsp3) is 0.222. The molecular weight excluding hydrogens is 260 g/mol. The van der Waals surface area contributed by atoms with Crippen molar-refractivity contribution in [3.8, 4) is 11.4 Å². The third-order valence-electron chi connectivity index (χ3n) is 3.56. The summed E-state index contributed by atoms with van der Waals surface area (Å²) in [5.41, 5.74) is 3.54. The van der Waals surface area contributed by atoms with Crippen molar-refractivity contribution >= 4 is 0 Å². The standard InChI is InChI=1S/C18H18N2O/c1-13-8-10-15(11-9-13)12-14(2)18-19-17(20-21-18)16-6-4-3-5-7-16/h3-11,14H,12H2,1-2H3/t14-/m1/s1. The summed E-state index contributed by atoms with van der Waals surface area (Å²) >= 11 is 0. The Labute approximate surface area is 124 Å². The first-order chi connectivity index (χ1) is 10.2. The van der Waals surface area contributed by atoms with E-state index in [4.69, 9.17) is 4.52 Å². The second kappa shape index (κ2) is 5.92. The van der Waals surface area contributed by atoms with Crippen molar-refractivity contribution in [3.05, 3.63) is 71.6 Å². The molecule has 0 bridgehead atoms. The number of benzene rings is 2. The molecule has 0 fully saturated rings. The van der Waals surface area contributed by atoms with Crippen LogP contribution in [0.3, 0.4) is 0 Å². The maximum absolute atomic E-state index is 5.42. The summed E-state index contributed by atoms with van der Waals surface area (Å²) < 4.78 is 5.42. The van der Waals surface area contributed by atoms with Crippen LogP contribution in [-0.4, -0.2) is 10.1 Å². The van der Waals surface area contributed by atoms with E-state index in [1.165, 1.54) is 11.1 Å². The van der Waals surface area contributed by atoms with Crippen LogP contribution in [0.5, 0.6) is 0 Å². The first-order valence-corrected chi connectivity index (χ1v) is 7.17. The first kappa shape index (κ1) is 13.6. The molecule has 0 aliphatic rings. The number of aromatic nitrogens is 2. The molecule has 3 aromatic rings. The van der Waals surface area contributed by atoms with Gasteiger partial charge in [-0.25, -0.2) is 0 Å². The Hall–Kier alpha value is -2.42. The molecule has 106 valence electrons. The Morgan fingerprint density at radius 3 is 2.43 bits per heavy atom. The van der Waals surface area contributed by atoms with Gasteiger partial charge in [0, 0.05) is 11.5 Å². The fourth-order valence-corrected chi connectivity index (χ4v) is 2.30. The lowest BCUT2D eigenvalue weighted by molar-refractivity contribution is 0.359. The quantitative estimate of drug-likeness (QED) is 0.710. The van der Waals surface area contributed by atoms with E-state index in [1.807, 2.05) is 30.3 Å². The highest BCUT2D eigenvalue weighted by Crippen LogP contribution is 2.22. The molecule has 1 heterocycles. The van der Waals surface area contributed by atoms with Gasteiger partial charge in [0.25, 0.3) is 0 Å². The molecule has 0 saturated heterocycles. The van der Waals surface area contributed by atoms with E-state index in [0.717, 1.165) is 12.0 Å². The van der Waals surface area contributed by atoms with Crippen LogP contribution in [0.1, 0.15) is 29.9 Å².